The van der Waals surface area contributed by atoms with Gasteiger partial charge >= 0.3 is 0 Å². The van der Waals surface area contributed by atoms with Crippen molar-refractivity contribution in [2.45, 2.75) is 33.1 Å². The zero-order valence-corrected chi connectivity index (χ0v) is 14.1. The maximum Gasteiger partial charge on any atom is 0.232 e. The predicted molar refractivity (Wildman–Crippen MR) is 85.8 cm³/mol. The number of ether oxygens (including phenoxy) is 2. The number of benzene rings is 1. The Labute approximate surface area is 131 Å². The minimum atomic E-state index is -3.40. The summed E-state index contributed by atoms with van der Waals surface area (Å²) in [5.41, 5.74) is 0. The first-order chi connectivity index (χ1) is 9.92. The van der Waals surface area contributed by atoms with Crippen LogP contribution in [0.15, 0.2) is 24.3 Å². The van der Waals surface area contributed by atoms with Gasteiger partial charge in [-0.2, -0.15) is 0 Å². The lowest BCUT2D eigenvalue weighted by molar-refractivity contribution is 0.252. The Morgan fingerprint density at radius 1 is 1.10 bits per heavy atom. The van der Waals surface area contributed by atoms with Gasteiger partial charge < -0.3 is 9.47 Å². The largest absolute Gasteiger partial charge is 0.490 e. The van der Waals surface area contributed by atoms with E-state index in [1.165, 1.54) is 0 Å². The van der Waals surface area contributed by atoms with Gasteiger partial charge in [0, 0.05) is 10.7 Å². The van der Waals surface area contributed by atoms with Gasteiger partial charge in [-0.1, -0.05) is 26.0 Å². The second-order valence-electron chi connectivity index (χ2n) is 5.07. The molecule has 0 aliphatic carbocycles. The highest BCUT2D eigenvalue weighted by atomic mass is 35.7. The highest BCUT2D eigenvalue weighted by Crippen LogP contribution is 2.27. The van der Waals surface area contributed by atoms with Crippen molar-refractivity contribution in [3.05, 3.63) is 24.3 Å². The number of para-hydroxylation sites is 2. The maximum absolute atomic E-state index is 10.9. The fourth-order valence-electron chi connectivity index (χ4n) is 1.76. The van der Waals surface area contributed by atoms with E-state index in [4.69, 9.17) is 20.2 Å². The third kappa shape index (κ3) is 8.17. The number of halogens is 1. The number of hydrogen-bond acceptors (Lipinski definition) is 4. The lowest BCUT2D eigenvalue weighted by atomic mass is 10.1. The first kappa shape index (κ1) is 18.1. The minimum absolute atomic E-state index is 0.00587. The lowest BCUT2D eigenvalue weighted by Crippen LogP contribution is -2.09. The Bertz CT molecular complexity index is 516. The van der Waals surface area contributed by atoms with Crippen LogP contribution in [0.5, 0.6) is 11.5 Å². The van der Waals surface area contributed by atoms with Crippen LogP contribution in [0.4, 0.5) is 0 Å². The normalized spacial score (nSPS) is 12.9. The van der Waals surface area contributed by atoms with E-state index in [2.05, 4.69) is 6.92 Å². The molecule has 0 saturated carbocycles. The smallest absolute Gasteiger partial charge is 0.232 e. The summed E-state index contributed by atoms with van der Waals surface area (Å²) in [6.07, 6.45) is 2.26. The molecule has 0 heterocycles. The van der Waals surface area contributed by atoms with Crippen molar-refractivity contribution in [1.29, 1.82) is 0 Å². The quantitative estimate of drug-likeness (QED) is 0.610. The molecule has 0 amide bonds. The molecule has 1 rings (SSSR count). The summed E-state index contributed by atoms with van der Waals surface area (Å²) >= 11 is 0. The van der Waals surface area contributed by atoms with Crippen molar-refractivity contribution >= 4 is 19.7 Å². The first-order valence-electron chi connectivity index (χ1n) is 7.19. The lowest BCUT2D eigenvalue weighted by Gasteiger charge is -2.14. The Kier molecular flexibility index (Phi) is 7.89. The maximum atomic E-state index is 10.9. The Morgan fingerprint density at radius 3 is 2.19 bits per heavy atom. The van der Waals surface area contributed by atoms with E-state index in [1.807, 2.05) is 31.2 Å². The molecular weight excluding hydrogens is 312 g/mol. The molecule has 0 fully saturated rings. The van der Waals surface area contributed by atoms with Crippen LogP contribution in [0.2, 0.25) is 0 Å². The van der Waals surface area contributed by atoms with Crippen LogP contribution in [-0.4, -0.2) is 27.4 Å². The molecule has 0 N–H and O–H groups in total. The molecule has 1 atom stereocenters. The molecule has 0 spiro atoms. The number of rotatable bonds is 10. The van der Waals surface area contributed by atoms with E-state index in [0.29, 0.717) is 19.6 Å². The van der Waals surface area contributed by atoms with Gasteiger partial charge in [0.2, 0.25) is 9.05 Å². The molecular formula is C15H23ClO4S. The SMILES string of the molecule is CCCOc1ccccc1OCCC(C)CCS(=O)(=O)Cl. The Hall–Kier alpha value is -0.940. The molecule has 6 heteroatoms. The van der Waals surface area contributed by atoms with Crippen LogP contribution in [0.3, 0.4) is 0 Å². The fourth-order valence-corrected chi connectivity index (χ4v) is 2.71. The van der Waals surface area contributed by atoms with Crippen molar-refractivity contribution in [3.63, 3.8) is 0 Å². The third-order valence-corrected chi connectivity index (χ3v) is 4.22. The van der Waals surface area contributed by atoms with E-state index in [-0.39, 0.29) is 11.7 Å². The second kappa shape index (κ2) is 9.15. The van der Waals surface area contributed by atoms with Crippen molar-refractivity contribution in [2.75, 3.05) is 19.0 Å². The van der Waals surface area contributed by atoms with E-state index >= 15 is 0 Å². The molecule has 1 aromatic rings. The third-order valence-electron chi connectivity index (χ3n) is 3.03. The van der Waals surface area contributed by atoms with Crippen LogP contribution in [-0.2, 0) is 9.05 Å². The summed E-state index contributed by atoms with van der Waals surface area (Å²) in [7, 11) is 1.80. The molecule has 1 aromatic carbocycles. The Morgan fingerprint density at radius 2 is 1.67 bits per heavy atom. The topological polar surface area (TPSA) is 52.6 Å². The molecule has 1 unspecified atom stereocenters. The summed E-state index contributed by atoms with van der Waals surface area (Å²) in [4.78, 5) is 0. The van der Waals surface area contributed by atoms with Gasteiger partial charge in [0.1, 0.15) is 0 Å². The first-order valence-corrected chi connectivity index (χ1v) is 9.67. The standard InChI is InChI=1S/C15H23ClO4S/c1-3-10-19-14-6-4-5-7-15(14)20-11-8-13(2)9-12-21(16,17)18/h4-7,13H,3,8-12H2,1-2H3. The van der Waals surface area contributed by atoms with Crippen LogP contribution < -0.4 is 9.47 Å². The van der Waals surface area contributed by atoms with E-state index in [0.717, 1.165) is 24.3 Å². The summed E-state index contributed by atoms with van der Waals surface area (Å²) < 4.78 is 33.1. The summed E-state index contributed by atoms with van der Waals surface area (Å²) in [5, 5.41) is 0. The van der Waals surface area contributed by atoms with E-state index in [9.17, 15) is 8.42 Å². The molecule has 0 radical (unpaired) electrons. The van der Waals surface area contributed by atoms with Crippen LogP contribution >= 0.6 is 10.7 Å². The van der Waals surface area contributed by atoms with Crippen molar-refractivity contribution < 1.29 is 17.9 Å². The van der Waals surface area contributed by atoms with Gasteiger partial charge in [0.05, 0.1) is 19.0 Å². The molecule has 0 aromatic heterocycles. The average molecular weight is 335 g/mol. The van der Waals surface area contributed by atoms with E-state index in [1.54, 1.807) is 0 Å². The summed E-state index contributed by atoms with van der Waals surface area (Å²) in [6.45, 7) is 5.22. The molecule has 0 aliphatic heterocycles. The zero-order chi connectivity index (χ0) is 15.7. The predicted octanol–water partition coefficient (Wildman–Crippen LogP) is 3.84. The van der Waals surface area contributed by atoms with Gasteiger partial charge in [0.15, 0.2) is 11.5 Å². The van der Waals surface area contributed by atoms with Gasteiger partial charge in [-0.15, -0.1) is 0 Å². The number of hydrogen-bond donors (Lipinski definition) is 0. The minimum Gasteiger partial charge on any atom is -0.490 e. The molecule has 0 aliphatic rings. The van der Waals surface area contributed by atoms with Crippen molar-refractivity contribution in [1.82, 2.24) is 0 Å². The highest BCUT2D eigenvalue weighted by molar-refractivity contribution is 8.13. The monoisotopic (exact) mass is 334 g/mol. The second-order valence-corrected chi connectivity index (χ2v) is 7.97. The fraction of sp³-hybridized carbons (Fsp3) is 0.600. The van der Waals surface area contributed by atoms with Gasteiger partial charge in [-0.25, -0.2) is 8.42 Å². The van der Waals surface area contributed by atoms with Crippen LogP contribution in [0.1, 0.15) is 33.1 Å². The van der Waals surface area contributed by atoms with Crippen molar-refractivity contribution in [2.24, 2.45) is 5.92 Å². The Balaban J connectivity index is 2.38. The molecule has 120 valence electrons. The highest BCUT2D eigenvalue weighted by Gasteiger charge is 2.10. The summed E-state index contributed by atoms with van der Waals surface area (Å²) in [6, 6.07) is 7.57. The van der Waals surface area contributed by atoms with Crippen molar-refractivity contribution in [3.8, 4) is 11.5 Å². The molecule has 0 bridgehead atoms. The zero-order valence-electron chi connectivity index (χ0n) is 12.5. The molecule has 21 heavy (non-hydrogen) atoms. The molecule has 0 saturated heterocycles. The molecule has 4 nitrogen and oxygen atoms in total. The van der Waals surface area contributed by atoms with Gasteiger partial charge in [0.25, 0.3) is 0 Å². The van der Waals surface area contributed by atoms with Gasteiger partial charge in [-0.3, -0.25) is 0 Å². The van der Waals surface area contributed by atoms with Gasteiger partial charge in [-0.05, 0) is 37.3 Å². The average Bonchev–Trinajstić information content (AvgIpc) is 2.43. The van der Waals surface area contributed by atoms with Crippen LogP contribution in [0, 0.1) is 5.92 Å². The van der Waals surface area contributed by atoms with E-state index < -0.39 is 9.05 Å². The van der Waals surface area contributed by atoms with Crippen LogP contribution in [0.25, 0.3) is 0 Å². The summed E-state index contributed by atoms with van der Waals surface area (Å²) in [5.74, 6) is 1.71.